The summed E-state index contributed by atoms with van der Waals surface area (Å²) in [7, 11) is -3.42. The number of carbonyl (C=O) groups excluding carboxylic acids is 1. The molecule has 0 rings (SSSR count). The van der Waals surface area contributed by atoms with E-state index in [1.54, 1.807) is 0 Å². The number of rotatable bonds is 6. The van der Waals surface area contributed by atoms with E-state index in [1.807, 2.05) is 12.8 Å². The van der Waals surface area contributed by atoms with Gasteiger partial charge in [0.05, 0.1) is 0 Å². The lowest BCUT2D eigenvalue weighted by Gasteiger charge is -2.03. The molecule has 0 heterocycles. The summed E-state index contributed by atoms with van der Waals surface area (Å²) in [5, 5.41) is 2.51. The number of terminal acetylenes is 1. The highest BCUT2D eigenvalue weighted by Crippen LogP contribution is 1.89. The number of nitrogens with one attached hydrogen (secondary N) is 1. The van der Waals surface area contributed by atoms with Crippen LogP contribution in [0.4, 0.5) is 0 Å². The van der Waals surface area contributed by atoms with Gasteiger partial charge in [-0.3, -0.25) is 4.79 Å². The molecule has 0 unspecified atom stereocenters. The van der Waals surface area contributed by atoms with Crippen molar-refractivity contribution >= 4 is 15.7 Å². The largest absolute Gasteiger partial charge is 0.355 e. The fourth-order valence-corrected chi connectivity index (χ4v) is 1.69. The number of sulfone groups is 1. The molecule has 80 valence electrons. The van der Waals surface area contributed by atoms with E-state index in [9.17, 15) is 13.2 Å². The first-order valence-electron chi connectivity index (χ1n) is 4.42. The standard InChI is InChI=1S/C9H15NO3S/c1-3-5-6-10-9(11)8-14(12,13)7-4-2/h2H,3,5-8H2,1H3,(H,10,11). The third kappa shape index (κ3) is 6.49. The Bertz CT molecular complexity index is 313. The number of amides is 1. The second-order valence-electron chi connectivity index (χ2n) is 2.94. The van der Waals surface area contributed by atoms with Gasteiger partial charge in [0, 0.05) is 6.54 Å². The lowest BCUT2D eigenvalue weighted by Crippen LogP contribution is -2.31. The smallest absolute Gasteiger partial charge is 0.235 e. The van der Waals surface area contributed by atoms with E-state index in [1.165, 1.54) is 0 Å². The molecule has 0 radical (unpaired) electrons. The topological polar surface area (TPSA) is 63.2 Å². The van der Waals surface area contributed by atoms with Gasteiger partial charge >= 0.3 is 0 Å². The van der Waals surface area contributed by atoms with Gasteiger partial charge in [0.2, 0.25) is 5.91 Å². The summed E-state index contributed by atoms with van der Waals surface area (Å²) in [6, 6.07) is 0. The van der Waals surface area contributed by atoms with Crippen molar-refractivity contribution in [2.45, 2.75) is 19.8 Å². The van der Waals surface area contributed by atoms with Crippen molar-refractivity contribution in [1.82, 2.24) is 5.32 Å². The lowest BCUT2D eigenvalue weighted by molar-refractivity contribution is -0.118. The van der Waals surface area contributed by atoms with Crippen LogP contribution >= 0.6 is 0 Å². The van der Waals surface area contributed by atoms with E-state index in [-0.39, 0.29) is 5.75 Å². The molecule has 5 heteroatoms. The van der Waals surface area contributed by atoms with Crippen molar-refractivity contribution in [1.29, 1.82) is 0 Å². The molecule has 0 spiro atoms. The average Bonchev–Trinajstić information content (AvgIpc) is 2.03. The predicted octanol–water partition coefficient (Wildman–Crippen LogP) is -0.0493. The van der Waals surface area contributed by atoms with Gasteiger partial charge in [-0.2, -0.15) is 0 Å². The summed E-state index contributed by atoms with van der Waals surface area (Å²) in [6.07, 6.45) is 6.66. The van der Waals surface area contributed by atoms with E-state index in [0.29, 0.717) is 6.54 Å². The van der Waals surface area contributed by atoms with Gasteiger partial charge in [0.1, 0.15) is 11.5 Å². The first kappa shape index (κ1) is 13.0. The zero-order chi connectivity index (χ0) is 11.0. The van der Waals surface area contributed by atoms with Crippen molar-refractivity contribution in [2.24, 2.45) is 0 Å². The molecule has 0 aliphatic carbocycles. The zero-order valence-electron chi connectivity index (χ0n) is 8.25. The molecule has 0 aromatic heterocycles. The van der Waals surface area contributed by atoms with Crippen LogP contribution in [0, 0.1) is 12.3 Å². The second-order valence-corrected chi connectivity index (χ2v) is 5.00. The number of hydrogen-bond donors (Lipinski definition) is 1. The second kappa shape index (κ2) is 6.44. The molecular weight excluding hydrogens is 202 g/mol. The SMILES string of the molecule is C#CCS(=O)(=O)CC(=O)NCCCC. The van der Waals surface area contributed by atoms with Gasteiger partial charge in [-0.05, 0) is 6.42 Å². The summed E-state index contributed by atoms with van der Waals surface area (Å²) in [4.78, 5) is 11.0. The Labute approximate surface area is 85.0 Å². The van der Waals surface area contributed by atoms with Gasteiger partial charge in [-0.15, -0.1) is 6.42 Å². The van der Waals surface area contributed by atoms with Gasteiger partial charge in [0.15, 0.2) is 9.84 Å². The third-order valence-corrected chi connectivity index (χ3v) is 2.82. The molecular formula is C9H15NO3S. The van der Waals surface area contributed by atoms with Crippen LogP contribution in [0.5, 0.6) is 0 Å². The van der Waals surface area contributed by atoms with Crippen molar-refractivity contribution in [2.75, 3.05) is 18.1 Å². The predicted molar refractivity (Wildman–Crippen MR) is 55.4 cm³/mol. The van der Waals surface area contributed by atoms with Gasteiger partial charge in [-0.25, -0.2) is 8.42 Å². The fraction of sp³-hybridized carbons (Fsp3) is 0.667. The lowest BCUT2D eigenvalue weighted by atomic mass is 10.3. The van der Waals surface area contributed by atoms with Gasteiger partial charge in [-0.1, -0.05) is 19.3 Å². The summed E-state index contributed by atoms with van der Waals surface area (Å²) in [5.41, 5.74) is 0. The minimum absolute atomic E-state index is 0.381. The van der Waals surface area contributed by atoms with Crippen LogP contribution < -0.4 is 5.32 Å². The molecule has 4 nitrogen and oxygen atoms in total. The molecule has 0 atom stereocenters. The third-order valence-electron chi connectivity index (χ3n) is 1.51. The van der Waals surface area contributed by atoms with Crippen molar-refractivity contribution in [3.63, 3.8) is 0 Å². The highest BCUT2D eigenvalue weighted by Gasteiger charge is 2.14. The Balaban J connectivity index is 3.89. The minimum atomic E-state index is -3.42. The van der Waals surface area contributed by atoms with Crippen LogP contribution in [0.3, 0.4) is 0 Å². The average molecular weight is 217 g/mol. The minimum Gasteiger partial charge on any atom is -0.355 e. The maximum absolute atomic E-state index is 11.1. The molecule has 1 amide bonds. The van der Waals surface area contributed by atoms with E-state index in [0.717, 1.165) is 12.8 Å². The quantitative estimate of drug-likeness (QED) is 0.501. The Morgan fingerprint density at radius 3 is 2.64 bits per heavy atom. The normalized spacial score (nSPS) is 10.6. The van der Waals surface area contributed by atoms with Crippen LogP contribution in [-0.4, -0.2) is 32.4 Å². The molecule has 14 heavy (non-hydrogen) atoms. The maximum atomic E-state index is 11.1. The first-order valence-corrected chi connectivity index (χ1v) is 6.24. The highest BCUT2D eigenvalue weighted by molar-refractivity contribution is 7.92. The molecule has 0 aliphatic rings. The molecule has 0 aliphatic heterocycles. The van der Waals surface area contributed by atoms with E-state index < -0.39 is 21.5 Å². The van der Waals surface area contributed by atoms with Gasteiger partial charge < -0.3 is 5.32 Å². The van der Waals surface area contributed by atoms with E-state index in [4.69, 9.17) is 6.42 Å². The summed E-state index contributed by atoms with van der Waals surface area (Å²) in [6.45, 7) is 2.50. The van der Waals surface area contributed by atoms with Crippen LogP contribution in [0.1, 0.15) is 19.8 Å². The van der Waals surface area contributed by atoms with Crippen LogP contribution in [0.2, 0.25) is 0 Å². The Hall–Kier alpha value is -1.02. The summed E-state index contributed by atoms with van der Waals surface area (Å²) >= 11 is 0. The van der Waals surface area contributed by atoms with Crippen molar-refractivity contribution in [3.8, 4) is 12.3 Å². The summed E-state index contributed by atoms with van der Waals surface area (Å²) in [5.74, 6) is 0.641. The van der Waals surface area contributed by atoms with E-state index in [2.05, 4.69) is 5.32 Å². The van der Waals surface area contributed by atoms with Crippen molar-refractivity contribution in [3.05, 3.63) is 0 Å². The van der Waals surface area contributed by atoms with Gasteiger partial charge in [0.25, 0.3) is 0 Å². The van der Waals surface area contributed by atoms with E-state index >= 15 is 0 Å². The summed E-state index contributed by atoms with van der Waals surface area (Å²) < 4.78 is 22.1. The number of carbonyl (C=O) groups is 1. The maximum Gasteiger partial charge on any atom is 0.235 e. The molecule has 0 saturated heterocycles. The monoisotopic (exact) mass is 217 g/mol. The highest BCUT2D eigenvalue weighted by atomic mass is 32.2. The van der Waals surface area contributed by atoms with Crippen LogP contribution in [-0.2, 0) is 14.6 Å². The number of unbranched alkanes of at least 4 members (excludes halogenated alkanes) is 1. The Morgan fingerprint density at radius 2 is 2.14 bits per heavy atom. The molecule has 0 aromatic carbocycles. The zero-order valence-corrected chi connectivity index (χ0v) is 9.06. The fourth-order valence-electron chi connectivity index (χ4n) is 0.833. The van der Waals surface area contributed by atoms with Crippen LogP contribution in [0.15, 0.2) is 0 Å². The molecule has 1 N–H and O–H groups in total. The molecule has 0 bridgehead atoms. The number of hydrogen-bond acceptors (Lipinski definition) is 3. The molecule has 0 aromatic rings. The first-order chi connectivity index (χ1) is 6.52. The molecule has 0 saturated carbocycles. The Kier molecular flexibility index (Phi) is 5.97. The van der Waals surface area contributed by atoms with Crippen LogP contribution in [0.25, 0.3) is 0 Å². The Morgan fingerprint density at radius 1 is 1.50 bits per heavy atom. The van der Waals surface area contributed by atoms with Crippen molar-refractivity contribution < 1.29 is 13.2 Å². The molecule has 0 fully saturated rings.